The highest BCUT2D eigenvalue weighted by Gasteiger charge is 2.36. The zero-order chi connectivity index (χ0) is 25.6. The lowest BCUT2D eigenvalue weighted by atomic mass is 10.1. The zero-order valence-corrected chi connectivity index (χ0v) is 20.5. The molecule has 4 atom stereocenters. The van der Waals surface area contributed by atoms with Gasteiger partial charge in [0.1, 0.15) is 18.4 Å². The van der Waals surface area contributed by atoms with Gasteiger partial charge in [-0.15, -0.1) is 6.58 Å². The number of aromatic nitrogens is 2. The Hall–Kier alpha value is -3.02. The number of aromatic amines is 1. The molecule has 2 N–H and O–H groups in total. The van der Waals surface area contributed by atoms with E-state index in [2.05, 4.69) is 21.4 Å². The van der Waals surface area contributed by atoms with Gasteiger partial charge >= 0.3 is 19.4 Å². The van der Waals surface area contributed by atoms with Gasteiger partial charge in [-0.1, -0.05) is 24.3 Å². The summed E-state index contributed by atoms with van der Waals surface area (Å²) in [5.74, 6) is -0.389. The first kappa shape index (κ1) is 26.6. The van der Waals surface area contributed by atoms with Gasteiger partial charge in [-0.3, -0.25) is 23.7 Å². The molecule has 1 unspecified atom stereocenters. The minimum absolute atomic E-state index is 0.0151. The second kappa shape index (κ2) is 11.6. The van der Waals surface area contributed by atoms with Crippen LogP contribution in [-0.2, 0) is 34.5 Å². The number of ether oxygens (including phenoxy) is 3. The molecule has 2 heterocycles. The van der Waals surface area contributed by atoms with Crippen molar-refractivity contribution in [1.82, 2.24) is 14.6 Å². The summed E-state index contributed by atoms with van der Waals surface area (Å²) in [5, 5.41) is 2.56. The molecule has 0 radical (unpaired) electrons. The van der Waals surface area contributed by atoms with E-state index in [0.29, 0.717) is 17.5 Å². The van der Waals surface area contributed by atoms with Crippen molar-refractivity contribution in [3.63, 3.8) is 0 Å². The SMILES string of the molecule is C=CCc1ccccc1OP(=O)(N[C@@H](C)C(=O)OC)OC[C@@H]1OC[C@H](n2cc(C)c(=O)[nH]c2=O)O1. The lowest BCUT2D eigenvalue weighted by Gasteiger charge is -2.24. The number of nitrogens with one attached hydrogen (secondary N) is 2. The molecule has 1 fully saturated rings. The standard InChI is InChI=1S/C22H28N3O9P/c1-5-8-16-9-6-7-10-17(16)34-35(29,24-15(3)21(27)30-4)32-13-19-31-12-18(33-19)25-11-14(2)20(26)23-22(25)28/h5-7,9-11,15,18-19H,1,8,12-13H2,2-4H3,(H,24,29)(H,23,26,28)/t15-,18+,19+,35?/m0/s1. The van der Waals surface area contributed by atoms with Gasteiger partial charge in [-0.2, -0.15) is 5.09 Å². The van der Waals surface area contributed by atoms with Crippen molar-refractivity contribution in [2.45, 2.75) is 38.8 Å². The maximum absolute atomic E-state index is 13.6. The number of aryl methyl sites for hydroxylation is 1. The third-order valence-electron chi connectivity index (χ3n) is 5.03. The molecule has 0 amide bonds. The number of carbonyl (C=O) groups is 1. The average Bonchev–Trinajstić information content (AvgIpc) is 3.30. The van der Waals surface area contributed by atoms with E-state index in [0.717, 1.165) is 0 Å². The number of benzene rings is 1. The van der Waals surface area contributed by atoms with Crippen molar-refractivity contribution in [3.05, 3.63) is 75.1 Å². The number of nitrogens with zero attached hydrogens (tertiary/aromatic N) is 1. The monoisotopic (exact) mass is 509 g/mol. The van der Waals surface area contributed by atoms with Crippen LogP contribution < -0.4 is 20.9 Å². The molecule has 13 heteroatoms. The van der Waals surface area contributed by atoms with E-state index >= 15 is 0 Å². The fraction of sp³-hybridized carbons (Fsp3) is 0.409. The highest BCUT2D eigenvalue weighted by Crippen LogP contribution is 2.46. The minimum Gasteiger partial charge on any atom is -0.468 e. The largest absolute Gasteiger partial charge is 0.468 e. The summed E-state index contributed by atoms with van der Waals surface area (Å²) < 4.78 is 42.0. The highest BCUT2D eigenvalue weighted by atomic mass is 31.2. The van der Waals surface area contributed by atoms with Crippen molar-refractivity contribution in [2.24, 2.45) is 0 Å². The third-order valence-corrected chi connectivity index (χ3v) is 6.66. The average molecular weight is 509 g/mol. The Morgan fingerprint density at radius 3 is 2.86 bits per heavy atom. The predicted molar refractivity (Wildman–Crippen MR) is 125 cm³/mol. The first-order valence-corrected chi connectivity index (χ1v) is 12.3. The summed E-state index contributed by atoms with van der Waals surface area (Å²) in [5.41, 5.74) is -0.118. The first-order chi connectivity index (χ1) is 16.7. The zero-order valence-electron chi connectivity index (χ0n) is 19.6. The molecular formula is C22H28N3O9P. The lowest BCUT2D eigenvalue weighted by Crippen LogP contribution is -2.35. The van der Waals surface area contributed by atoms with Gasteiger partial charge in [0.15, 0.2) is 12.5 Å². The number of allylic oxidation sites excluding steroid dienone is 1. The number of carbonyl (C=O) groups excluding carboxylic acids is 1. The van der Waals surface area contributed by atoms with E-state index in [1.54, 1.807) is 37.3 Å². The van der Waals surface area contributed by atoms with Gasteiger partial charge < -0.3 is 18.7 Å². The van der Waals surface area contributed by atoms with E-state index < -0.39 is 43.5 Å². The summed E-state index contributed by atoms with van der Waals surface area (Å²) in [6.07, 6.45) is 1.64. The second-order valence-electron chi connectivity index (χ2n) is 7.69. The van der Waals surface area contributed by atoms with E-state index in [1.807, 2.05) is 0 Å². The van der Waals surface area contributed by atoms with Gasteiger partial charge in [0.2, 0.25) is 0 Å². The number of methoxy groups -OCH3 is 1. The number of para-hydroxylation sites is 1. The van der Waals surface area contributed by atoms with Crippen LogP contribution in [0.1, 0.15) is 24.3 Å². The molecule has 3 rings (SSSR count). The van der Waals surface area contributed by atoms with Crippen LogP contribution in [-0.4, -0.2) is 48.2 Å². The summed E-state index contributed by atoms with van der Waals surface area (Å²) >= 11 is 0. The molecule has 1 saturated heterocycles. The van der Waals surface area contributed by atoms with Crippen LogP contribution in [0.4, 0.5) is 0 Å². The van der Waals surface area contributed by atoms with Crippen LogP contribution in [0.2, 0.25) is 0 Å². The van der Waals surface area contributed by atoms with Gasteiger partial charge in [0.25, 0.3) is 5.56 Å². The van der Waals surface area contributed by atoms with Gasteiger partial charge in [-0.05, 0) is 31.9 Å². The lowest BCUT2D eigenvalue weighted by molar-refractivity contribution is -0.142. The van der Waals surface area contributed by atoms with Crippen LogP contribution in [0.5, 0.6) is 5.75 Å². The Morgan fingerprint density at radius 1 is 1.40 bits per heavy atom. The number of hydrogen-bond acceptors (Lipinski definition) is 9. The summed E-state index contributed by atoms with van der Waals surface area (Å²) in [4.78, 5) is 37.8. The molecular weight excluding hydrogens is 481 g/mol. The van der Waals surface area contributed by atoms with Crippen LogP contribution in [0.3, 0.4) is 0 Å². The fourth-order valence-electron chi connectivity index (χ4n) is 3.24. The molecule has 0 saturated carbocycles. The molecule has 190 valence electrons. The smallest absolute Gasteiger partial charge is 0.459 e. The number of H-pyrrole nitrogens is 1. The quantitative estimate of drug-likeness (QED) is 0.261. The van der Waals surface area contributed by atoms with Gasteiger partial charge in [0.05, 0.1) is 13.7 Å². The Balaban J connectivity index is 1.75. The van der Waals surface area contributed by atoms with Crippen LogP contribution in [0.15, 0.2) is 52.7 Å². The highest BCUT2D eigenvalue weighted by molar-refractivity contribution is 7.52. The normalized spacial score (nSPS) is 20.1. The molecule has 2 aromatic rings. The topological polar surface area (TPSA) is 147 Å². The van der Waals surface area contributed by atoms with Crippen molar-refractivity contribution in [3.8, 4) is 5.75 Å². The summed E-state index contributed by atoms with van der Waals surface area (Å²) in [6.45, 7) is 6.34. The maximum atomic E-state index is 13.6. The van der Waals surface area contributed by atoms with E-state index in [4.69, 9.17) is 18.5 Å². The molecule has 1 aliphatic rings. The van der Waals surface area contributed by atoms with Gasteiger partial charge in [-0.25, -0.2) is 9.36 Å². The molecule has 1 aliphatic heterocycles. The third kappa shape index (κ3) is 6.77. The van der Waals surface area contributed by atoms with Crippen molar-refractivity contribution < 1.29 is 32.6 Å². The summed E-state index contributed by atoms with van der Waals surface area (Å²) in [6, 6.07) is 5.88. The molecule has 0 bridgehead atoms. The first-order valence-electron chi connectivity index (χ1n) is 10.7. The maximum Gasteiger partial charge on any atom is 0.459 e. The van der Waals surface area contributed by atoms with Crippen LogP contribution in [0.25, 0.3) is 0 Å². The predicted octanol–water partition coefficient (Wildman–Crippen LogP) is 1.80. The molecule has 0 aliphatic carbocycles. The number of esters is 1. The van der Waals surface area contributed by atoms with E-state index in [1.165, 1.54) is 24.8 Å². The summed E-state index contributed by atoms with van der Waals surface area (Å²) in [7, 11) is -2.94. The van der Waals surface area contributed by atoms with Crippen molar-refractivity contribution in [2.75, 3.05) is 20.3 Å². The fourth-order valence-corrected chi connectivity index (χ4v) is 4.75. The Kier molecular flexibility index (Phi) is 8.82. The molecule has 0 spiro atoms. The minimum atomic E-state index is -4.14. The van der Waals surface area contributed by atoms with Crippen LogP contribution >= 0.6 is 7.75 Å². The molecule has 1 aromatic heterocycles. The Morgan fingerprint density at radius 2 is 2.14 bits per heavy atom. The molecule has 1 aromatic carbocycles. The van der Waals surface area contributed by atoms with Crippen molar-refractivity contribution in [1.29, 1.82) is 0 Å². The molecule has 35 heavy (non-hydrogen) atoms. The van der Waals surface area contributed by atoms with Crippen molar-refractivity contribution >= 4 is 13.7 Å². The Labute approximate surface area is 201 Å². The van der Waals surface area contributed by atoms with E-state index in [-0.39, 0.29) is 19.0 Å². The second-order valence-corrected chi connectivity index (χ2v) is 9.39. The van der Waals surface area contributed by atoms with Gasteiger partial charge in [0, 0.05) is 11.8 Å². The number of rotatable bonds is 11. The van der Waals surface area contributed by atoms with Crippen LogP contribution in [0, 0.1) is 6.92 Å². The van der Waals surface area contributed by atoms with E-state index in [9.17, 15) is 18.9 Å². The number of hydrogen-bond donors (Lipinski definition) is 2. The Bertz CT molecular complexity index is 1230. The molecule has 12 nitrogen and oxygen atoms in total.